The van der Waals surface area contributed by atoms with Crippen LogP contribution >= 0.6 is 11.3 Å². The fraction of sp³-hybridized carbons (Fsp3) is 0.178. The van der Waals surface area contributed by atoms with Crippen molar-refractivity contribution in [3.8, 4) is 0 Å². The molecule has 0 unspecified atom stereocenters. The second kappa shape index (κ2) is 12.6. The molecule has 0 spiro atoms. The summed E-state index contributed by atoms with van der Waals surface area (Å²) < 4.78 is 7.37. The Morgan fingerprint density at radius 3 is 2.21 bits per heavy atom. The van der Waals surface area contributed by atoms with Crippen LogP contribution in [0.4, 0.5) is 11.4 Å². The summed E-state index contributed by atoms with van der Waals surface area (Å²) in [6, 6.07) is 33.8. The number of esters is 1. The van der Waals surface area contributed by atoms with Crippen LogP contribution < -0.4 is 19.8 Å². The molecule has 3 aliphatic carbocycles. The van der Waals surface area contributed by atoms with E-state index in [1.54, 1.807) is 24.5 Å². The molecule has 0 N–H and O–H groups in total. The summed E-state index contributed by atoms with van der Waals surface area (Å²) in [6.45, 7) is 3.59. The summed E-state index contributed by atoms with van der Waals surface area (Å²) in [5.74, 6) is -4.15. The Hall–Kier alpha value is -6.79. The third-order valence-corrected chi connectivity index (χ3v) is 13.0. The number of carbonyl (C=O) groups excluding carboxylic acids is 3. The molecule has 0 saturated carbocycles. The molecular weight excluding hydrogens is 741 g/mol. The van der Waals surface area contributed by atoms with Crippen LogP contribution in [-0.2, 0) is 24.5 Å². The first kappa shape index (κ1) is 34.7. The molecule has 2 aliphatic heterocycles. The summed E-state index contributed by atoms with van der Waals surface area (Å²) in [5, 5.41) is 14.0. The lowest BCUT2D eigenvalue weighted by molar-refractivity contribution is -0.384. The van der Waals surface area contributed by atoms with Crippen LogP contribution in [0.1, 0.15) is 53.6 Å². The summed E-state index contributed by atoms with van der Waals surface area (Å²) in [5.41, 5.74) is 2.43. The Kier molecular flexibility index (Phi) is 7.68. The fourth-order valence-corrected chi connectivity index (χ4v) is 11.0. The van der Waals surface area contributed by atoms with E-state index in [-0.39, 0.29) is 28.1 Å². The van der Waals surface area contributed by atoms with Gasteiger partial charge in [-0.25, -0.2) is 14.7 Å². The van der Waals surface area contributed by atoms with Gasteiger partial charge in [0, 0.05) is 12.0 Å². The number of rotatable bonds is 6. The molecule has 11 nitrogen and oxygen atoms in total. The second-order valence-electron chi connectivity index (χ2n) is 14.7. The van der Waals surface area contributed by atoms with Gasteiger partial charge >= 0.3 is 5.97 Å². The number of anilines is 1. The van der Waals surface area contributed by atoms with E-state index >= 15 is 9.59 Å². The average Bonchev–Trinajstić information content (AvgIpc) is 3.67. The molecule has 1 aromatic heterocycles. The van der Waals surface area contributed by atoms with Crippen LogP contribution in [0.15, 0.2) is 136 Å². The minimum absolute atomic E-state index is 0.0917. The van der Waals surface area contributed by atoms with Gasteiger partial charge in [0.2, 0.25) is 11.8 Å². The van der Waals surface area contributed by atoms with Crippen molar-refractivity contribution in [3.63, 3.8) is 0 Å². The zero-order chi connectivity index (χ0) is 39.3. The van der Waals surface area contributed by atoms with Crippen molar-refractivity contribution in [2.24, 2.45) is 16.8 Å². The molecule has 5 aliphatic rings. The van der Waals surface area contributed by atoms with Crippen molar-refractivity contribution in [2.75, 3.05) is 11.5 Å². The largest absolute Gasteiger partial charge is 0.463 e. The number of benzene rings is 5. The summed E-state index contributed by atoms with van der Waals surface area (Å²) >= 11 is 1.15. The van der Waals surface area contributed by atoms with Crippen LogP contribution in [-0.4, -0.2) is 33.9 Å². The molecule has 280 valence electrons. The van der Waals surface area contributed by atoms with Crippen molar-refractivity contribution in [1.29, 1.82) is 0 Å². The summed E-state index contributed by atoms with van der Waals surface area (Å²) in [4.78, 5) is 76.7. The molecule has 11 rings (SSSR count). The van der Waals surface area contributed by atoms with Crippen LogP contribution in [0.2, 0.25) is 0 Å². The Balaban J connectivity index is 1.27. The number of fused-ring (bicyclic) bond motifs is 2. The van der Waals surface area contributed by atoms with E-state index in [0.29, 0.717) is 10.5 Å². The number of carbonyl (C=O) groups is 3. The number of hydrogen-bond acceptors (Lipinski definition) is 9. The van der Waals surface area contributed by atoms with Crippen LogP contribution in [0.5, 0.6) is 0 Å². The van der Waals surface area contributed by atoms with Gasteiger partial charge in [-0.2, -0.15) is 0 Å². The standard InChI is InChI=1S/C45H32N4O7S/c1-3-56-43(53)35-24(2)46-44-48(39(35)27-18-12-14-25-13-4-5-15-26(25)27)40(50)34(57-44)23-45-30-19-8-6-16-28(30)36(29-17-7-9-20-31(29)45)37-38(45)42(52)47(41(37)51)32-21-10-11-22-33(32)49(54)55/h4-23,36-39H,3H2,1-2H3/b34-23+/t36?,37-,38+,39-,45?/m0/s1. The number of aromatic nitrogens is 1. The quantitative estimate of drug-likeness (QED) is 0.0868. The minimum Gasteiger partial charge on any atom is -0.463 e. The highest BCUT2D eigenvalue weighted by atomic mass is 32.1. The van der Waals surface area contributed by atoms with Crippen molar-refractivity contribution >= 4 is 57.3 Å². The number of thiazole rings is 1. The number of amides is 2. The number of nitrogens with zero attached hydrogens (tertiary/aromatic N) is 4. The molecule has 1 saturated heterocycles. The highest BCUT2D eigenvalue weighted by Crippen LogP contribution is 2.65. The van der Waals surface area contributed by atoms with Gasteiger partial charge in [0.05, 0.1) is 50.6 Å². The van der Waals surface area contributed by atoms with E-state index in [9.17, 15) is 19.7 Å². The summed E-state index contributed by atoms with van der Waals surface area (Å²) in [6.07, 6.45) is 1.82. The smallest absolute Gasteiger partial charge is 0.338 e. The number of hydrogen-bond donors (Lipinski definition) is 0. The first-order valence-electron chi connectivity index (χ1n) is 18.7. The molecule has 2 amide bonds. The molecule has 2 bridgehead atoms. The average molecular weight is 773 g/mol. The van der Waals surface area contributed by atoms with E-state index in [4.69, 9.17) is 9.73 Å². The highest BCUT2D eigenvalue weighted by Gasteiger charge is 2.68. The molecule has 12 heteroatoms. The molecule has 3 heterocycles. The number of imide groups is 1. The monoisotopic (exact) mass is 772 g/mol. The first-order valence-corrected chi connectivity index (χ1v) is 19.5. The van der Waals surface area contributed by atoms with Gasteiger partial charge < -0.3 is 4.74 Å². The maximum absolute atomic E-state index is 15.2. The van der Waals surface area contributed by atoms with E-state index in [1.807, 2.05) is 97.1 Å². The van der Waals surface area contributed by atoms with Crippen LogP contribution in [0, 0.1) is 22.0 Å². The van der Waals surface area contributed by atoms with Gasteiger partial charge in [-0.3, -0.25) is 29.1 Å². The second-order valence-corrected chi connectivity index (χ2v) is 15.7. The Morgan fingerprint density at radius 1 is 0.860 bits per heavy atom. The topological polar surface area (TPSA) is 141 Å². The van der Waals surface area contributed by atoms with Crippen molar-refractivity contribution in [3.05, 3.63) is 184 Å². The van der Waals surface area contributed by atoms with E-state index < -0.39 is 57.5 Å². The van der Waals surface area contributed by atoms with E-state index in [2.05, 4.69) is 0 Å². The lowest BCUT2D eigenvalue weighted by atomic mass is 9.47. The van der Waals surface area contributed by atoms with Gasteiger partial charge in [-0.05, 0) is 64.6 Å². The number of allylic oxidation sites excluding steroid dienone is 1. The third-order valence-electron chi connectivity index (χ3n) is 12.0. The van der Waals surface area contributed by atoms with E-state index in [0.717, 1.165) is 54.8 Å². The SMILES string of the molecule is CCOC(=O)C1=C(C)N=c2s/c(=C/C34c5ccccc5C(c5ccccc53)[C@@H]3C(=O)N(c5ccccc5[N+](=O)[O-])C(=O)[C@@H]34)c(=O)n2[C@H]1c1cccc2ccccc12. The van der Waals surface area contributed by atoms with Crippen molar-refractivity contribution < 1.29 is 24.0 Å². The van der Waals surface area contributed by atoms with Gasteiger partial charge in [-0.1, -0.05) is 114 Å². The fourth-order valence-electron chi connectivity index (χ4n) is 9.90. The van der Waals surface area contributed by atoms with E-state index in [1.165, 1.54) is 18.2 Å². The maximum Gasteiger partial charge on any atom is 0.338 e. The molecule has 57 heavy (non-hydrogen) atoms. The summed E-state index contributed by atoms with van der Waals surface area (Å²) in [7, 11) is 0. The number of nitro groups is 1. The molecule has 5 aromatic carbocycles. The lowest BCUT2D eigenvalue weighted by Crippen LogP contribution is -2.53. The zero-order valence-corrected chi connectivity index (χ0v) is 31.4. The number of ether oxygens (including phenoxy) is 1. The zero-order valence-electron chi connectivity index (χ0n) is 30.6. The molecule has 3 atom stereocenters. The van der Waals surface area contributed by atoms with Crippen LogP contribution in [0.25, 0.3) is 16.8 Å². The van der Waals surface area contributed by atoms with Gasteiger partial charge in [0.25, 0.3) is 11.2 Å². The predicted octanol–water partition coefficient (Wildman–Crippen LogP) is 6.06. The molecule has 6 aromatic rings. The normalized spacial score (nSPS) is 23.2. The first-order chi connectivity index (χ1) is 27.7. The highest BCUT2D eigenvalue weighted by molar-refractivity contribution is 7.07. The molecular formula is C45H32N4O7S. The van der Waals surface area contributed by atoms with Crippen molar-refractivity contribution in [2.45, 2.75) is 31.2 Å². The lowest BCUT2D eigenvalue weighted by Gasteiger charge is -2.53. The van der Waals surface area contributed by atoms with Crippen molar-refractivity contribution in [1.82, 2.24) is 4.57 Å². The Morgan fingerprint density at radius 2 is 1.49 bits per heavy atom. The molecule has 1 fully saturated rings. The third kappa shape index (κ3) is 4.67. The minimum atomic E-state index is -1.34. The van der Waals surface area contributed by atoms with Gasteiger partial charge in [-0.15, -0.1) is 0 Å². The Bertz CT molecular complexity index is 2970. The van der Waals surface area contributed by atoms with Gasteiger partial charge in [0.15, 0.2) is 4.80 Å². The molecule has 0 radical (unpaired) electrons. The van der Waals surface area contributed by atoms with Crippen LogP contribution in [0.3, 0.4) is 0 Å². The number of para-hydroxylation sites is 2. The Labute approximate surface area is 328 Å². The van der Waals surface area contributed by atoms with Gasteiger partial charge in [0.1, 0.15) is 5.69 Å². The number of nitro benzene ring substituents is 1. The predicted molar refractivity (Wildman–Crippen MR) is 213 cm³/mol. The maximum atomic E-state index is 15.2.